The van der Waals surface area contributed by atoms with E-state index in [1.165, 1.54) is 71.3 Å². The fourth-order valence-corrected chi connectivity index (χ4v) is 10.5. The summed E-state index contributed by atoms with van der Waals surface area (Å²) in [6, 6.07) is 82.3. The summed E-state index contributed by atoms with van der Waals surface area (Å²) in [4.78, 5) is 2.39. The first-order valence-corrected chi connectivity index (χ1v) is 21.1. The lowest BCUT2D eigenvalue weighted by molar-refractivity contribution is 0.447. The quantitative estimate of drug-likeness (QED) is 0.177. The molecule has 11 aromatic carbocycles. The molecule has 1 aliphatic carbocycles. The third-order valence-corrected chi connectivity index (χ3v) is 13.2. The van der Waals surface area contributed by atoms with Crippen molar-refractivity contribution < 1.29 is 4.74 Å². The van der Waals surface area contributed by atoms with Gasteiger partial charge in [-0.25, -0.2) is 0 Å². The summed E-state index contributed by atoms with van der Waals surface area (Å²) in [6.45, 7) is 0. The van der Waals surface area contributed by atoms with Crippen LogP contribution in [0.25, 0.3) is 65.3 Å². The summed E-state index contributed by atoms with van der Waals surface area (Å²) in [5, 5.41) is 9.47. The van der Waals surface area contributed by atoms with Crippen LogP contribution in [0.3, 0.4) is 0 Å². The van der Waals surface area contributed by atoms with E-state index < -0.39 is 5.41 Å². The zero-order valence-corrected chi connectivity index (χ0v) is 33.2. The van der Waals surface area contributed by atoms with E-state index in [2.05, 4.69) is 229 Å². The molecule has 1 heterocycles. The zero-order chi connectivity index (χ0) is 40.1. The van der Waals surface area contributed by atoms with Gasteiger partial charge in [0.15, 0.2) is 0 Å². The van der Waals surface area contributed by atoms with Gasteiger partial charge in [-0.1, -0.05) is 182 Å². The minimum absolute atomic E-state index is 0.577. The Bertz CT molecular complexity index is 3440. The van der Waals surface area contributed by atoms with E-state index in [4.69, 9.17) is 4.74 Å². The molecule has 0 bridgehead atoms. The van der Waals surface area contributed by atoms with Gasteiger partial charge in [-0.05, 0) is 108 Å². The topological polar surface area (TPSA) is 12.5 Å². The second kappa shape index (κ2) is 13.0. The first kappa shape index (κ1) is 34.0. The molecule has 0 fully saturated rings. The largest absolute Gasteiger partial charge is 0.455 e. The van der Waals surface area contributed by atoms with Gasteiger partial charge in [-0.15, -0.1) is 0 Å². The van der Waals surface area contributed by atoms with Crippen LogP contribution < -0.4 is 9.64 Å². The fraction of sp³-hybridized carbons (Fsp3) is 0.0169. The highest BCUT2D eigenvalue weighted by molar-refractivity contribution is 6.01. The summed E-state index contributed by atoms with van der Waals surface area (Å²) in [5.74, 6) is 1.87. The monoisotopic (exact) mass is 775 g/mol. The molecule has 284 valence electrons. The third kappa shape index (κ3) is 4.97. The molecule has 2 nitrogen and oxygen atoms in total. The number of fused-ring (bicyclic) bond motifs is 15. The summed E-state index contributed by atoms with van der Waals surface area (Å²) < 4.78 is 7.17. The van der Waals surface area contributed by atoms with E-state index in [-0.39, 0.29) is 0 Å². The van der Waals surface area contributed by atoms with Crippen LogP contribution >= 0.6 is 0 Å². The van der Waals surface area contributed by atoms with Crippen molar-refractivity contribution in [3.05, 3.63) is 247 Å². The Hall–Kier alpha value is -7.94. The molecule has 61 heavy (non-hydrogen) atoms. The minimum atomic E-state index is -0.577. The van der Waals surface area contributed by atoms with Crippen LogP contribution in [0, 0.1) is 0 Å². The number of hydrogen-bond acceptors (Lipinski definition) is 2. The van der Waals surface area contributed by atoms with Crippen molar-refractivity contribution in [2.24, 2.45) is 0 Å². The normalized spacial score (nSPS) is 13.2. The number of anilines is 3. The van der Waals surface area contributed by atoms with Gasteiger partial charge in [0.2, 0.25) is 0 Å². The molecule has 0 saturated heterocycles. The van der Waals surface area contributed by atoms with E-state index in [0.717, 1.165) is 44.9 Å². The van der Waals surface area contributed by atoms with Crippen LogP contribution in [0.1, 0.15) is 22.3 Å². The molecule has 0 aromatic heterocycles. The van der Waals surface area contributed by atoms with Crippen molar-refractivity contribution in [2.45, 2.75) is 5.41 Å². The average molecular weight is 776 g/mol. The van der Waals surface area contributed by atoms with Gasteiger partial charge in [-0.3, -0.25) is 0 Å². The lowest BCUT2D eigenvalue weighted by Gasteiger charge is -2.40. The van der Waals surface area contributed by atoms with Gasteiger partial charge in [0.25, 0.3) is 0 Å². The molecule has 0 atom stereocenters. The standard InChI is InChI=1S/C59H37NO/c1-3-16-42-34-47(29-24-38(42)12-1)60(48-30-25-39-13-2-4-17-43(39)35-48)46-19-11-18-44(36-46)45-28-31-54-52(37-45)51-22-9-10-23-53(51)59(54)55-32-26-40-14-5-7-20-49(40)57(55)61-58-50-21-8-6-15-41(50)27-33-56(58)59/h1-37H. The van der Waals surface area contributed by atoms with Crippen LogP contribution in [0.2, 0.25) is 0 Å². The maximum atomic E-state index is 7.17. The molecular formula is C59H37NO. The van der Waals surface area contributed by atoms with Crippen LogP contribution in [0.15, 0.2) is 224 Å². The third-order valence-electron chi connectivity index (χ3n) is 13.2. The number of ether oxygens (including phenoxy) is 1. The van der Waals surface area contributed by atoms with Crippen molar-refractivity contribution >= 4 is 60.2 Å². The van der Waals surface area contributed by atoms with Crippen LogP contribution in [-0.4, -0.2) is 0 Å². The van der Waals surface area contributed by atoms with Gasteiger partial charge < -0.3 is 9.64 Å². The first-order valence-electron chi connectivity index (χ1n) is 21.1. The van der Waals surface area contributed by atoms with Gasteiger partial charge in [0.1, 0.15) is 11.5 Å². The van der Waals surface area contributed by atoms with Crippen LogP contribution in [0.4, 0.5) is 17.1 Å². The Kier molecular flexibility index (Phi) is 7.26. The lowest BCUT2D eigenvalue weighted by Crippen LogP contribution is -2.32. The Morgan fingerprint density at radius 1 is 0.295 bits per heavy atom. The second-order valence-electron chi connectivity index (χ2n) is 16.4. The van der Waals surface area contributed by atoms with Gasteiger partial charge in [0.05, 0.1) is 5.41 Å². The highest BCUT2D eigenvalue weighted by Crippen LogP contribution is 2.64. The molecule has 1 aliphatic heterocycles. The Balaban J connectivity index is 1.02. The molecule has 0 unspecified atom stereocenters. The minimum Gasteiger partial charge on any atom is -0.455 e. The van der Waals surface area contributed by atoms with Crippen LogP contribution in [-0.2, 0) is 5.41 Å². The molecule has 1 spiro atoms. The Morgan fingerprint density at radius 3 is 1.41 bits per heavy atom. The summed E-state index contributed by atoms with van der Waals surface area (Å²) in [6.07, 6.45) is 0. The molecule has 13 rings (SSSR count). The van der Waals surface area contributed by atoms with Crippen molar-refractivity contribution in [2.75, 3.05) is 4.90 Å². The number of rotatable bonds is 4. The molecule has 0 saturated carbocycles. The maximum Gasteiger partial charge on any atom is 0.140 e. The predicted octanol–water partition coefficient (Wildman–Crippen LogP) is 15.9. The summed E-state index contributed by atoms with van der Waals surface area (Å²) in [7, 11) is 0. The highest BCUT2D eigenvalue weighted by Gasteiger charge is 2.51. The first-order chi connectivity index (χ1) is 30.2. The predicted molar refractivity (Wildman–Crippen MR) is 254 cm³/mol. The number of nitrogens with zero attached hydrogens (tertiary/aromatic N) is 1. The molecule has 0 N–H and O–H groups in total. The average Bonchev–Trinajstić information content (AvgIpc) is 3.61. The molecule has 11 aromatic rings. The van der Waals surface area contributed by atoms with Crippen molar-refractivity contribution in [1.82, 2.24) is 0 Å². The fourth-order valence-electron chi connectivity index (χ4n) is 10.5. The van der Waals surface area contributed by atoms with E-state index >= 15 is 0 Å². The Labute approximate surface area is 354 Å². The summed E-state index contributed by atoms with van der Waals surface area (Å²) >= 11 is 0. The van der Waals surface area contributed by atoms with Crippen LogP contribution in [0.5, 0.6) is 11.5 Å². The van der Waals surface area contributed by atoms with E-state index in [9.17, 15) is 0 Å². The molecule has 0 amide bonds. The van der Waals surface area contributed by atoms with Crippen molar-refractivity contribution in [3.8, 4) is 33.8 Å². The summed E-state index contributed by atoms with van der Waals surface area (Å²) in [5.41, 5.74) is 12.5. The highest BCUT2D eigenvalue weighted by atomic mass is 16.5. The van der Waals surface area contributed by atoms with Gasteiger partial charge >= 0.3 is 0 Å². The lowest BCUT2D eigenvalue weighted by atomic mass is 9.65. The molecule has 0 radical (unpaired) electrons. The second-order valence-corrected chi connectivity index (χ2v) is 16.4. The molecule has 2 heteroatoms. The van der Waals surface area contributed by atoms with Crippen molar-refractivity contribution in [1.29, 1.82) is 0 Å². The SMILES string of the molecule is c1cc(-c2ccc3c(c2)-c2ccccc2C32c3ccc4ccccc4c3Oc3c2ccc2ccccc32)cc(N(c2ccc3ccccc3c2)c2ccc3ccccc3c2)c1. The maximum absolute atomic E-state index is 7.17. The van der Waals surface area contributed by atoms with Gasteiger partial charge in [0, 0.05) is 39.0 Å². The van der Waals surface area contributed by atoms with E-state index in [1.54, 1.807) is 0 Å². The van der Waals surface area contributed by atoms with E-state index in [1.807, 2.05) is 0 Å². The smallest absolute Gasteiger partial charge is 0.140 e. The Morgan fingerprint density at radius 2 is 0.770 bits per heavy atom. The number of benzene rings is 11. The van der Waals surface area contributed by atoms with Gasteiger partial charge in [-0.2, -0.15) is 0 Å². The zero-order valence-electron chi connectivity index (χ0n) is 33.2. The van der Waals surface area contributed by atoms with E-state index in [0.29, 0.717) is 0 Å². The molecule has 2 aliphatic rings. The number of hydrogen-bond donors (Lipinski definition) is 0. The van der Waals surface area contributed by atoms with Crippen molar-refractivity contribution in [3.63, 3.8) is 0 Å². The molecular weight excluding hydrogens is 739 g/mol.